The number of amides is 1. The number of nitrogens with one attached hydrogen (secondary N) is 1. The molecule has 1 amide bonds. The van der Waals surface area contributed by atoms with E-state index in [0.29, 0.717) is 11.7 Å². The van der Waals surface area contributed by atoms with Crippen molar-refractivity contribution in [1.29, 1.82) is 0 Å². The highest BCUT2D eigenvalue weighted by atomic mass is 16.2. The number of hydrogen-bond donors (Lipinski definition) is 1. The predicted octanol–water partition coefficient (Wildman–Crippen LogP) is 3.16. The lowest BCUT2D eigenvalue weighted by Gasteiger charge is -2.21. The summed E-state index contributed by atoms with van der Waals surface area (Å²) in [5.41, 5.74) is 1.60. The number of pyridine rings is 1. The maximum Gasteiger partial charge on any atom is 0.272 e. The van der Waals surface area contributed by atoms with Gasteiger partial charge < -0.3 is 10.2 Å². The Hall–Kier alpha value is -1.58. The van der Waals surface area contributed by atoms with E-state index in [4.69, 9.17) is 0 Å². The van der Waals surface area contributed by atoms with Gasteiger partial charge in [0, 0.05) is 31.0 Å². The normalized spacial score (nSPS) is 17.9. The number of rotatable bonds is 7. The van der Waals surface area contributed by atoms with Crippen molar-refractivity contribution in [3.05, 3.63) is 24.0 Å². The molecule has 1 N–H and O–H groups in total. The van der Waals surface area contributed by atoms with Crippen LogP contribution in [0.1, 0.15) is 50.0 Å². The van der Waals surface area contributed by atoms with Crippen molar-refractivity contribution < 1.29 is 4.79 Å². The van der Waals surface area contributed by atoms with Gasteiger partial charge in [-0.2, -0.15) is 0 Å². The lowest BCUT2D eigenvalue weighted by molar-refractivity contribution is 0.0767. The zero-order valence-corrected chi connectivity index (χ0v) is 13.0. The number of hydrogen-bond acceptors (Lipinski definition) is 3. The highest BCUT2D eigenvalue weighted by molar-refractivity contribution is 5.93. The summed E-state index contributed by atoms with van der Waals surface area (Å²) < 4.78 is 0. The van der Waals surface area contributed by atoms with Gasteiger partial charge in [-0.15, -0.1) is 0 Å². The van der Waals surface area contributed by atoms with Gasteiger partial charge in [0.15, 0.2) is 0 Å². The standard InChI is InChI=1S/C17H25N3O/c1-3-20(4-2)17(21)15-11-14(9-10-18-15)19-16(12-5-6-12)13-7-8-13/h9-13,16H,3-8H2,1-2H3,(H,18,19). The van der Waals surface area contributed by atoms with Gasteiger partial charge in [0.05, 0.1) is 0 Å². The van der Waals surface area contributed by atoms with Crippen LogP contribution in [0.25, 0.3) is 0 Å². The van der Waals surface area contributed by atoms with E-state index in [1.54, 1.807) is 6.20 Å². The quantitative estimate of drug-likeness (QED) is 0.838. The Labute approximate surface area is 126 Å². The highest BCUT2D eigenvalue weighted by Gasteiger charge is 2.41. The molecule has 4 heteroatoms. The fourth-order valence-corrected chi connectivity index (χ4v) is 3.03. The molecular formula is C17H25N3O. The van der Waals surface area contributed by atoms with Gasteiger partial charge in [-0.1, -0.05) is 0 Å². The lowest BCUT2D eigenvalue weighted by Crippen LogP contribution is -2.31. The molecule has 2 fully saturated rings. The number of carbonyl (C=O) groups excluding carboxylic acids is 1. The number of aromatic nitrogens is 1. The van der Waals surface area contributed by atoms with Gasteiger partial charge in [-0.3, -0.25) is 9.78 Å². The summed E-state index contributed by atoms with van der Waals surface area (Å²) in [7, 11) is 0. The first-order chi connectivity index (χ1) is 10.2. The van der Waals surface area contributed by atoms with Crippen LogP contribution < -0.4 is 5.32 Å². The van der Waals surface area contributed by atoms with Gasteiger partial charge >= 0.3 is 0 Å². The second kappa shape index (κ2) is 6.04. The Morgan fingerprint density at radius 3 is 2.43 bits per heavy atom. The molecule has 0 bridgehead atoms. The molecule has 0 aromatic carbocycles. The first kappa shape index (κ1) is 14.4. The molecule has 0 atom stereocenters. The summed E-state index contributed by atoms with van der Waals surface area (Å²) in [6.45, 7) is 5.45. The fourth-order valence-electron chi connectivity index (χ4n) is 3.03. The molecule has 2 aliphatic carbocycles. The second-order valence-electron chi connectivity index (χ2n) is 6.25. The van der Waals surface area contributed by atoms with Crippen LogP contribution >= 0.6 is 0 Å². The van der Waals surface area contributed by atoms with Gasteiger partial charge in [0.2, 0.25) is 0 Å². The molecular weight excluding hydrogens is 262 g/mol. The minimum Gasteiger partial charge on any atom is -0.382 e. The van der Waals surface area contributed by atoms with Crippen LogP contribution in [-0.2, 0) is 0 Å². The zero-order valence-electron chi connectivity index (χ0n) is 13.0. The second-order valence-corrected chi connectivity index (χ2v) is 6.25. The van der Waals surface area contributed by atoms with E-state index in [-0.39, 0.29) is 5.91 Å². The van der Waals surface area contributed by atoms with Crippen molar-refractivity contribution in [2.75, 3.05) is 18.4 Å². The van der Waals surface area contributed by atoms with Crippen LogP contribution in [0.15, 0.2) is 18.3 Å². The number of nitrogens with zero attached hydrogens (tertiary/aromatic N) is 2. The Bertz CT molecular complexity index is 493. The molecule has 2 aliphatic rings. The van der Waals surface area contributed by atoms with Gasteiger partial charge in [0.1, 0.15) is 5.69 Å². The van der Waals surface area contributed by atoms with Crippen LogP contribution in [0.5, 0.6) is 0 Å². The van der Waals surface area contributed by atoms with E-state index in [1.807, 2.05) is 30.9 Å². The average Bonchev–Trinajstić information content (AvgIpc) is 3.40. The molecule has 4 nitrogen and oxygen atoms in total. The van der Waals surface area contributed by atoms with E-state index in [2.05, 4.69) is 10.3 Å². The van der Waals surface area contributed by atoms with Crippen LogP contribution in [0, 0.1) is 11.8 Å². The Morgan fingerprint density at radius 1 is 1.29 bits per heavy atom. The molecule has 0 saturated heterocycles. The van der Waals surface area contributed by atoms with E-state index >= 15 is 0 Å². The van der Waals surface area contributed by atoms with Crippen LogP contribution in [0.2, 0.25) is 0 Å². The molecule has 2 saturated carbocycles. The van der Waals surface area contributed by atoms with Crippen molar-refractivity contribution in [2.45, 2.75) is 45.6 Å². The summed E-state index contributed by atoms with van der Waals surface area (Å²) in [5, 5.41) is 3.66. The third-order valence-corrected chi connectivity index (χ3v) is 4.62. The third kappa shape index (κ3) is 3.36. The lowest BCUT2D eigenvalue weighted by atomic mass is 10.1. The molecule has 21 heavy (non-hydrogen) atoms. The maximum atomic E-state index is 12.4. The minimum atomic E-state index is 0.0260. The smallest absolute Gasteiger partial charge is 0.272 e. The molecule has 0 aliphatic heterocycles. The Morgan fingerprint density at radius 2 is 1.90 bits per heavy atom. The average molecular weight is 287 g/mol. The van der Waals surface area contributed by atoms with Crippen LogP contribution in [-0.4, -0.2) is 34.9 Å². The third-order valence-electron chi connectivity index (χ3n) is 4.62. The summed E-state index contributed by atoms with van der Waals surface area (Å²) >= 11 is 0. The first-order valence-electron chi connectivity index (χ1n) is 8.24. The predicted molar refractivity (Wildman–Crippen MR) is 84.3 cm³/mol. The van der Waals surface area contributed by atoms with E-state index in [0.717, 1.165) is 30.6 Å². The Kier molecular flexibility index (Phi) is 4.13. The van der Waals surface area contributed by atoms with Crippen LogP contribution in [0.3, 0.4) is 0 Å². The minimum absolute atomic E-state index is 0.0260. The van der Waals surface area contributed by atoms with Crippen molar-refractivity contribution in [1.82, 2.24) is 9.88 Å². The van der Waals surface area contributed by atoms with Crippen molar-refractivity contribution >= 4 is 11.6 Å². The molecule has 3 rings (SSSR count). The number of carbonyl (C=O) groups is 1. The molecule has 1 heterocycles. The monoisotopic (exact) mass is 287 g/mol. The largest absolute Gasteiger partial charge is 0.382 e. The van der Waals surface area contributed by atoms with Crippen LogP contribution in [0.4, 0.5) is 5.69 Å². The highest BCUT2D eigenvalue weighted by Crippen LogP contribution is 2.45. The van der Waals surface area contributed by atoms with E-state index in [9.17, 15) is 4.79 Å². The summed E-state index contributed by atoms with van der Waals surface area (Å²) in [5.74, 6) is 1.71. The molecule has 1 aromatic heterocycles. The van der Waals surface area contributed by atoms with Crippen molar-refractivity contribution in [3.63, 3.8) is 0 Å². The molecule has 0 radical (unpaired) electrons. The fraction of sp³-hybridized carbons (Fsp3) is 0.647. The van der Waals surface area contributed by atoms with Gasteiger partial charge in [0.25, 0.3) is 5.91 Å². The molecule has 1 aromatic rings. The molecule has 114 valence electrons. The topological polar surface area (TPSA) is 45.2 Å². The maximum absolute atomic E-state index is 12.4. The van der Waals surface area contributed by atoms with E-state index in [1.165, 1.54) is 25.7 Å². The zero-order chi connectivity index (χ0) is 14.8. The van der Waals surface area contributed by atoms with Crippen molar-refractivity contribution in [2.24, 2.45) is 11.8 Å². The number of anilines is 1. The van der Waals surface area contributed by atoms with E-state index < -0.39 is 0 Å². The van der Waals surface area contributed by atoms with Crippen molar-refractivity contribution in [3.8, 4) is 0 Å². The molecule has 0 spiro atoms. The summed E-state index contributed by atoms with van der Waals surface area (Å²) in [4.78, 5) is 18.4. The first-order valence-corrected chi connectivity index (χ1v) is 8.24. The summed E-state index contributed by atoms with van der Waals surface area (Å²) in [6.07, 6.45) is 7.15. The summed E-state index contributed by atoms with van der Waals surface area (Å²) in [6, 6.07) is 4.50. The van der Waals surface area contributed by atoms with Gasteiger partial charge in [-0.25, -0.2) is 0 Å². The molecule has 0 unspecified atom stereocenters. The van der Waals surface area contributed by atoms with Gasteiger partial charge in [-0.05, 0) is 63.5 Å². The SMILES string of the molecule is CCN(CC)C(=O)c1cc(NC(C2CC2)C2CC2)ccn1. The Balaban J connectivity index is 1.71.